The molecule has 46 heavy (non-hydrogen) atoms. The maximum atomic E-state index is 14.2. The third kappa shape index (κ3) is 6.27. The van der Waals surface area contributed by atoms with Gasteiger partial charge in [0, 0.05) is 38.2 Å². The number of carbonyl (C=O) groups is 3. The molecule has 2 atom stereocenters. The first-order valence-corrected chi connectivity index (χ1v) is 15.5. The monoisotopic (exact) mass is 620 g/mol. The number of urea groups is 1. The van der Waals surface area contributed by atoms with Crippen molar-refractivity contribution in [3.63, 3.8) is 0 Å². The zero-order chi connectivity index (χ0) is 32.2. The first-order valence-electron chi connectivity index (χ1n) is 15.5. The standard InChI is InChI=1S/C35H36N6O5/c1-2-19-38(35(44)36-21-26-9-4-3-5-10-26)39-24-33(42)40-31(20-25-15-17-29(18-16-25)41(45)46)34(43)37(23-32(39)40)22-28-13-8-12-27-11-6-7-14-30(27)28/h3-18,31-32H,2,19-24H2,1H3,(H,36,44)/t31-,32+/m0/s1. The summed E-state index contributed by atoms with van der Waals surface area (Å²) in [6.07, 6.45) is 0.283. The second-order valence-electron chi connectivity index (χ2n) is 11.6. The molecule has 11 nitrogen and oxygen atoms in total. The van der Waals surface area contributed by atoms with Gasteiger partial charge in [0.05, 0.1) is 18.0 Å². The summed E-state index contributed by atoms with van der Waals surface area (Å²) in [4.78, 5) is 55.7. The Bertz CT molecular complexity index is 1740. The SMILES string of the molecule is CCCN(C(=O)NCc1ccccc1)N1CC(=O)N2[C@@H](Cc3ccc([N+](=O)[O-])cc3)C(=O)N(Cc3cccc4ccccc34)C[C@@H]21. The fraction of sp³-hybridized carbons (Fsp3) is 0.286. The first kappa shape index (κ1) is 30.7. The van der Waals surface area contributed by atoms with Gasteiger partial charge in [-0.1, -0.05) is 91.9 Å². The van der Waals surface area contributed by atoms with Gasteiger partial charge in [-0.15, -0.1) is 0 Å². The van der Waals surface area contributed by atoms with E-state index < -0.39 is 17.1 Å². The lowest BCUT2D eigenvalue weighted by Crippen LogP contribution is -2.66. The quantitative estimate of drug-likeness (QED) is 0.203. The second kappa shape index (κ2) is 13.4. The van der Waals surface area contributed by atoms with Crippen LogP contribution >= 0.6 is 0 Å². The number of nitro groups is 1. The van der Waals surface area contributed by atoms with Crippen molar-refractivity contribution in [3.8, 4) is 0 Å². The number of hydrogen-bond acceptors (Lipinski definition) is 6. The highest BCUT2D eigenvalue weighted by Gasteiger charge is 2.52. The molecule has 0 saturated carbocycles. The number of nitro benzene ring substituents is 1. The van der Waals surface area contributed by atoms with Crippen LogP contribution in [0.1, 0.15) is 30.0 Å². The Morgan fingerprint density at radius 2 is 1.65 bits per heavy atom. The summed E-state index contributed by atoms with van der Waals surface area (Å²) < 4.78 is 0. The van der Waals surface area contributed by atoms with E-state index in [2.05, 4.69) is 5.32 Å². The van der Waals surface area contributed by atoms with Gasteiger partial charge in [-0.2, -0.15) is 5.01 Å². The van der Waals surface area contributed by atoms with Crippen LogP contribution in [0.4, 0.5) is 10.5 Å². The Labute approximate surface area is 267 Å². The Kier molecular flexibility index (Phi) is 8.93. The van der Waals surface area contributed by atoms with Gasteiger partial charge in [0.1, 0.15) is 12.2 Å². The molecule has 0 bridgehead atoms. The number of piperazine rings is 1. The molecule has 0 aromatic heterocycles. The first-order chi connectivity index (χ1) is 22.3. The Morgan fingerprint density at radius 3 is 2.39 bits per heavy atom. The minimum atomic E-state index is -0.844. The van der Waals surface area contributed by atoms with Crippen LogP contribution in [0.25, 0.3) is 10.8 Å². The summed E-state index contributed by atoms with van der Waals surface area (Å²) in [5, 5.41) is 19.7. The van der Waals surface area contributed by atoms with E-state index in [-0.39, 0.29) is 43.0 Å². The summed E-state index contributed by atoms with van der Waals surface area (Å²) in [6.45, 7) is 3.21. The van der Waals surface area contributed by atoms with Crippen molar-refractivity contribution in [3.05, 3.63) is 124 Å². The zero-order valence-electron chi connectivity index (χ0n) is 25.6. The highest BCUT2D eigenvalue weighted by Crippen LogP contribution is 2.31. The molecule has 2 fully saturated rings. The lowest BCUT2D eigenvalue weighted by Gasteiger charge is -2.46. The van der Waals surface area contributed by atoms with E-state index in [1.54, 1.807) is 32.0 Å². The minimum Gasteiger partial charge on any atom is -0.333 e. The van der Waals surface area contributed by atoms with Gasteiger partial charge in [-0.05, 0) is 33.9 Å². The number of rotatable bonds is 10. The summed E-state index contributed by atoms with van der Waals surface area (Å²) in [7, 11) is 0. The zero-order valence-corrected chi connectivity index (χ0v) is 25.6. The summed E-state index contributed by atoms with van der Waals surface area (Å²) in [6, 6.07) is 28.5. The van der Waals surface area contributed by atoms with E-state index in [4.69, 9.17) is 0 Å². The maximum absolute atomic E-state index is 14.2. The predicted octanol–water partition coefficient (Wildman–Crippen LogP) is 4.71. The molecule has 2 heterocycles. The largest absolute Gasteiger partial charge is 0.333 e. The van der Waals surface area contributed by atoms with Crippen LogP contribution in [0.5, 0.6) is 0 Å². The number of hydrazine groups is 1. The van der Waals surface area contributed by atoms with Crippen molar-refractivity contribution in [1.82, 2.24) is 25.1 Å². The van der Waals surface area contributed by atoms with Crippen molar-refractivity contribution in [2.24, 2.45) is 0 Å². The number of fused-ring (bicyclic) bond motifs is 2. The van der Waals surface area contributed by atoms with Gasteiger partial charge in [-0.25, -0.2) is 4.79 Å². The molecule has 0 unspecified atom stereocenters. The van der Waals surface area contributed by atoms with Crippen molar-refractivity contribution < 1.29 is 19.3 Å². The number of carbonyl (C=O) groups excluding carboxylic acids is 3. The summed E-state index contributed by atoms with van der Waals surface area (Å²) in [5.74, 6) is -0.444. The van der Waals surface area contributed by atoms with Crippen LogP contribution in [0.3, 0.4) is 0 Å². The number of hydrogen-bond donors (Lipinski definition) is 1. The lowest BCUT2D eigenvalue weighted by molar-refractivity contribution is -0.384. The lowest BCUT2D eigenvalue weighted by atomic mass is 9.98. The van der Waals surface area contributed by atoms with Gasteiger partial charge >= 0.3 is 6.03 Å². The van der Waals surface area contributed by atoms with E-state index in [1.807, 2.05) is 79.7 Å². The molecule has 4 aromatic carbocycles. The average molecular weight is 621 g/mol. The molecule has 11 heteroatoms. The normalized spacial score (nSPS) is 18.1. The van der Waals surface area contributed by atoms with Crippen LogP contribution in [-0.2, 0) is 29.1 Å². The molecule has 0 aliphatic carbocycles. The van der Waals surface area contributed by atoms with Crippen molar-refractivity contribution in [1.29, 1.82) is 0 Å². The van der Waals surface area contributed by atoms with Crippen LogP contribution < -0.4 is 5.32 Å². The Hall–Kier alpha value is -5.29. The fourth-order valence-electron chi connectivity index (χ4n) is 6.43. The van der Waals surface area contributed by atoms with Crippen molar-refractivity contribution in [2.75, 3.05) is 19.6 Å². The predicted molar refractivity (Wildman–Crippen MR) is 173 cm³/mol. The van der Waals surface area contributed by atoms with Crippen LogP contribution in [0, 0.1) is 10.1 Å². The molecule has 0 radical (unpaired) electrons. The van der Waals surface area contributed by atoms with Gasteiger partial charge in [-0.3, -0.25) is 24.7 Å². The molecule has 2 saturated heterocycles. The molecule has 1 N–H and O–H groups in total. The molecular weight excluding hydrogens is 584 g/mol. The van der Waals surface area contributed by atoms with Crippen molar-refractivity contribution in [2.45, 2.75) is 45.1 Å². The number of non-ortho nitro benzene ring substituents is 1. The molecule has 2 aliphatic heterocycles. The summed E-state index contributed by atoms with van der Waals surface area (Å²) in [5.41, 5.74) is 2.59. The van der Waals surface area contributed by atoms with Crippen molar-refractivity contribution >= 4 is 34.3 Å². The van der Waals surface area contributed by atoms with Crippen LogP contribution in [0.15, 0.2) is 97.1 Å². The molecule has 0 spiro atoms. The number of benzene rings is 4. The Balaban J connectivity index is 1.32. The maximum Gasteiger partial charge on any atom is 0.332 e. The highest BCUT2D eigenvalue weighted by atomic mass is 16.6. The number of nitrogens with zero attached hydrogens (tertiary/aromatic N) is 5. The third-order valence-electron chi connectivity index (χ3n) is 8.65. The van der Waals surface area contributed by atoms with Crippen LogP contribution in [0.2, 0.25) is 0 Å². The van der Waals surface area contributed by atoms with E-state index in [0.717, 1.165) is 21.9 Å². The van der Waals surface area contributed by atoms with E-state index in [0.29, 0.717) is 31.6 Å². The minimum absolute atomic E-state index is 0.0461. The van der Waals surface area contributed by atoms with E-state index >= 15 is 0 Å². The highest BCUT2D eigenvalue weighted by molar-refractivity contribution is 5.92. The van der Waals surface area contributed by atoms with Crippen LogP contribution in [-0.4, -0.2) is 74.4 Å². The summed E-state index contributed by atoms with van der Waals surface area (Å²) >= 11 is 0. The molecule has 6 rings (SSSR count). The third-order valence-corrected chi connectivity index (χ3v) is 8.65. The average Bonchev–Trinajstić information content (AvgIpc) is 3.40. The van der Waals surface area contributed by atoms with E-state index in [1.165, 1.54) is 12.1 Å². The topological polar surface area (TPSA) is 119 Å². The van der Waals surface area contributed by atoms with Gasteiger partial charge < -0.3 is 15.1 Å². The van der Waals surface area contributed by atoms with Gasteiger partial charge in [0.15, 0.2) is 0 Å². The van der Waals surface area contributed by atoms with Gasteiger partial charge in [0.2, 0.25) is 11.8 Å². The Morgan fingerprint density at radius 1 is 0.935 bits per heavy atom. The molecule has 4 aromatic rings. The fourth-order valence-corrected chi connectivity index (χ4v) is 6.43. The molecular formula is C35H36N6O5. The number of nitrogens with one attached hydrogen (secondary N) is 1. The van der Waals surface area contributed by atoms with E-state index in [9.17, 15) is 24.5 Å². The second-order valence-corrected chi connectivity index (χ2v) is 11.6. The molecule has 2 aliphatic rings. The van der Waals surface area contributed by atoms with Gasteiger partial charge in [0.25, 0.3) is 5.69 Å². The molecule has 236 valence electrons. The smallest absolute Gasteiger partial charge is 0.332 e. The molecule has 4 amide bonds. The number of amides is 4.